The van der Waals surface area contributed by atoms with Gasteiger partial charge in [0.25, 0.3) is 0 Å². The van der Waals surface area contributed by atoms with Crippen molar-refractivity contribution in [1.82, 2.24) is 0 Å². The fourth-order valence-electron chi connectivity index (χ4n) is 8.51. The van der Waals surface area contributed by atoms with E-state index in [1.165, 1.54) is 30.9 Å². The minimum absolute atomic E-state index is 0.0799. The number of methoxy groups -OCH3 is 1. The summed E-state index contributed by atoms with van der Waals surface area (Å²) in [7, 11) is 1.24. The molecule has 0 spiro atoms. The van der Waals surface area contributed by atoms with Crippen molar-refractivity contribution >= 4 is 43.9 Å². The summed E-state index contributed by atoms with van der Waals surface area (Å²) in [5, 5.41) is 0.121. The van der Waals surface area contributed by atoms with Crippen LogP contribution in [0.3, 0.4) is 0 Å². The third-order valence-corrected chi connectivity index (χ3v) is 12.2. The lowest BCUT2D eigenvalue weighted by Crippen LogP contribution is -2.49. The molecular formula is C30H28F6OS2. The Balaban J connectivity index is 1.50. The van der Waals surface area contributed by atoms with E-state index in [1.54, 1.807) is 32.0 Å². The van der Waals surface area contributed by atoms with Crippen LogP contribution in [0, 0.1) is 37.5 Å². The summed E-state index contributed by atoms with van der Waals surface area (Å²) in [4.78, 5) is 1.30. The molecule has 208 valence electrons. The molecule has 0 N–H and O–H groups in total. The van der Waals surface area contributed by atoms with E-state index in [9.17, 15) is 0 Å². The topological polar surface area (TPSA) is 9.23 Å². The Morgan fingerprint density at radius 1 is 0.769 bits per heavy atom. The number of hydrogen-bond donors (Lipinski definition) is 0. The van der Waals surface area contributed by atoms with Gasteiger partial charge in [0.2, 0.25) is 0 Å². The summed E-state index contributed by atoms with van der Waals surface area (Å²) in [6, 6.07) is 6.39. The van der Waals surface area contributed by atoms with Crippen LogP contribution in [0.15, 0.2) is 24.3 Å². The molecule has 9 heteroatoms. The number of allylic oxidation sites excluding steroid dienone is 2. The van der Waals surface area contributed by atoms with Crippen LogP contribution in [0.25, 0.3) is 21.2 Å². The molecule has 0 radical (unpaired) electrons. The Hall–Kier alpha value is -2.00. The highest BCUT2D eigenvalue weighted by Crippen LogP contribution is 2.68. The molecule has 2 aromatic heterocycles. The number of alkyl halides is 6. The van der Waals surface area contributed by atoms with Crippen LogP contribution >= 0.6 is 22.7 Å². The predicted octanol–water partition coefficient (Wildman–Crippen LogP) is 9.96. The number of thiophene rings is 2. The SMILES string of the molecule is COc1sc2ccccc2c1C1=C(c2c(C)sc(C3C4CC5CC(C4)CC3C5)c2C)C(F)(F)C(F)(F)C1(F)F. The third-order valence-electron chi connectivity index (χ3n) is 9.80. The standard InChI is InChI=1S/C30H28F6OS2/c1-13-21(14(2)38-26(13)22-17-9-15-8-16(11-17)12-18(22)10-15)24-25(29(33,34)30(35,36)28(24,31)32)23-19-6-4-5-7-20(19)39-27(23)37-3/h4-7,15-18,22H,8-12H2,1-3H3. The van der Waals surface area contributed by atoms with E-state index in [0.717, 1.165) is 41.9 Å². The van der Waals surface area contributed by atoms with E-state index in [4.69, 9.17) is 4.74 Å². The van der Waals surface area contributed by atoms with Gasteiger partial charge in [-0.3, -0.25) is 0 Å². The molecule has 0 aliphatic heterocycles. The van der Waals surface area contributed by atoms with Gasteiger partial charge in [-0.05, 0) is 87.2 Å². The lowest BCUT2D eigenvalue weighted by molar-refractivity contribution is -0.254. The average Bonchev–Trinajstić information content (AvgIpc) is 3.40. The Morgan fingerprint density at radius 2 is 1.33 bits per heavy atom. The van der Waals surface area contributed by atoms with Gasteiger partial charge in [-0.1, -0.05) is 29.5 Å². The highest BCUT2D eigenvalue weighted by Gasteiger charge is 2.81. The second kappa shape index (κ2) is 8.28. The average molecular weight is 583 g/mol. The molecule has 2 heterocycles. The molecule has 5 aliphatic rings. The van der Waals surface area contributed by atoms with Crippen molar-refractivity contribution in [2.24, 2.45) is 23.7 Å². The first-order valence-corrected chi connectivity index (χ1v) is 15.1. The molecule has 4 bridgehead atoms. The number of halogens is 6. The molecule has 0 amide bonds. The van der Waals surface area contributed by atoms with Gasteiger partial charge in [-0.25, -0.2) is 0 Å². The van der Waals surface area contributed by atoms with Crippen molar-refractivity contribution in [2.75, 3.05) is 7.11 Å². The summed E-state index contributed by atoms with van der Waals surface area (Å²) in [5.74, 6) is -13.3. The number of ether oxygens (including phenoxy) is 1. The Kier molecular flexibility index (Phi) is 5.50. The minimum Gasteiger partial charge on any atom is -0.487 e. The molecule has 4 fully saturated rings. The van der Waals surface area contributed by atoms with Crippen molar-refractivity contribution in [1.29, 1.82) is 0 Å². The largest absolute Gasteiger partial charge is 0.487 e. The summed E-state index contributed by atoms with van der Waals surface area (Å²) >= 11 is 2.32. The molecule has 8 rings (SSSR count). The van der Waals surface area contributed by atoms with Gasteiger partial charge in [-0.2, -0.15) is 26.3 Å². The highest BCUT2D eigenvalue weighted by molar-refractivity contribution is 7.21. The first-order chi connectivity index (χ1) is 18.4. The van der Waals surface area contributed by atoms with Gasteiger partial charge >= 0.3 is 17.8 Å². The van der Waals surface area contributed by atoms with E-state index in [0.29, 0.717) is 38.8 Å². The molecule has 1 nitrogen and oxygen atoms in total. The number of aryl methyl sites for hydroxylation is 1. The minimum atomic E-state index is -5.59. The third kappa shape index (κ3) is 3.26. The van der Waals surface area contributed by atoms with E-state index in [1.807, 2.05) is 0 Å². The van der Waals surface area contributed by atoms with Gasteiger partial charge in [0.05, 0.1) is 12.7 Å². The van der Waals surface area contributed by atoms with Crippen LogP contribution in [-0.2, 0) is 0 Å². The normalized spacial score (nSPS) is 32.0. The summed E-state index contributed by atoms with van der Waals surface area (Å²) in [5.41, 5.74) is -2.61. The van der Waals surface area contributed by atoms with Crippen molar-refractivity contribution in [2.45, 2.75) is 69.6 Å². The van der Waals surface area contributed by atoms with Gasteiger partial charge in [0.1, 0.15) is 0 Å². The maximum Gasteiger partial charge on any atom is 0.380 e. The highest BCUT2D eigenvalue weighted by atomic mass is 32.1. The monoisotopic (exact) mass is 582 g/mol. The van der Waals surface area contributed by atoms with E-state index < -0.39 is 28.9 Å². The summed E-state index contributed by atoms with van der Waals surface area (Å²) in [6.07, 6.45) is 5.66. The maximum atomic E-state index is 15.8. The molecule has 0 unspecified atom stereocenters. The molecular weight excluding hydrogens is 554 g/mol. The zero-order valence-electron chi connectivity index (χ0n) is 21.7. The van der Waals surface area contributed by atoms with Crippen molar-refractivity contribution in [3.05, 3.63) is 50.7 Å². The van der Waals surface area contributed by atoms with Gasteiger partial charge in [-0.15, -0.1) is 11.3 Å². The van der Waals surface area contributed by atoms with Crippen LogP contribution in [0.2, 0.25) is 0 Å². The molecule has 3 aromatic rings. The molecule has 1 aromatic carbocycles. The number of rotatable bonds is 4. The zero-order valence-corrected chi connectivity index (χ0v) is 23.4. The maximum absolute atomic E-state index is 15.8. The second-order valence-electron chi connectivity index (χ2n) is 11.9. The Bertz CT molecular complexity index is 1500. The van der Waals surface area contributed by atoms with Crippen molar-refractivity contribution in [3.8, 4) is 5.06 Å². The molecule has 0 saturated heterocycles. The Morgan fingerprint density at radius 3 is 1.92 bits per heavy atom. The Labute approximate surface area is 230 Å². The zero-order chi connectivity index (χ0) is 27.6. The quantitative estimate of drug-likeness (QED) is 0.278. The van der Waals surface area contributed by atoms with E-state index in [-0.39, 0.29) is 27.5 Å². The van der Waals surface area contributed by atoms with Gasteiger partial charge < -0.3 is 4.74 Å². The van der Waals surface area contributed by atoms with Crippen LogP contribution in [0.4, 0.5) is 26.3 Å². The van der Waals surface area contributed by atoms with Gasteiger partial charge in [0.15, 0.2) is 5.06 Å². The number of benzene rings is 1. The number of fused-ring (bicyclic) bond motifs is 1. The molecule has 5 aliphatic carbocycles. The van der Waals surface area contributed by atoms with Gasteiger partial charge in [0, 0.05) is 36.5 Å². The molecule has 0 atom stereocenters. The predicted molar refractivity (Wildman–Crippen MR) is 144 cm³/mol. The summed E-state index contributed by atoms with van der Waals surface area (Å²) in [6.45, 7) is 3.27. The lowest BCUT2D eigenvalue weighted by atomic mass is 9.51. The first-order valence-electron chi connectivity index (χ1n) is 13.4. The van der Waals surface area contributed by atoms with Crippen LogP contribution in [0.1, 0.15) is 64.5 Å². The van der Waals surface area contributed by atoms with Crippen molar-refractivity contribution < 1.29 is 31.1 Å². The molecule has 39 heavy (non-hydrogen) atoms. The fourth-order valence-corrected chi connectivity index (χ4v) is 11.0. The smallest absolute Gasteiger partial charge is 0.380 e. The lowest BCUT2D eigenvalue weighted by Gasteiger charge is -2.54. The van der Waals surface area contributed by atoms with Crippen molar-refractivity contribution in [3.63, 3.8) is 0 Å². The van der Waals surface area contributed by atoms with Crippen LogP contribution in [0.5, 0.6) is 5.06 Å². The van der Waals surface area contributed by atoms with E-state index in [2.05, 4.69) is 0 Å². The fraction of sp³-hybridized carbons (Fsp3) is 0.533. The second-order valence-corrected chi connectivity index (χ2v) is 14.2. The van der Waals surface area contributed by atoms with Crippen LogP contribution in [-0.4, -0.2) is 24.9 Å². The first kappa shape index (κ1) is 25.9. The molecule has 4 saturated carbocycles. The summed E-state index contributed by atoms with van der Waals surface area (Å²) < 4.78 is 99.4. The number of hydrogen-bond acceptors (Lipinski definition) is 3. The van der Waals surface area contributed by atoms with Crippen LogP contribution < -0.4 is 4.74 Å². The van der Waals surface area contributed by atoms with E-state index >= 15 is 26.3 Å².